The Morgan fingerprint density at radius 2 is 1.96 bits per heavy atom. The quantitative estimate of drug-likeness (QED) is 0.340. The molecule has 0 aliphatic heterocycles. The van der Waals surface area contributed by atoms with E-state index in [0.29, 0.717) is 25.0 Å². The van der Waals surface area contributed by atoms with Crippen LogP contribution in [0.1, 0.15) is 11.5 Å². The number of hydrogen-bond donors (Lipinski definition) is 0. The molecule has 1 aliphatic rings. The second-order valence-electron chi connectivity index (χ2n) is 7.50. The minimum absolute atomic E-state index is 0.0688. The Hall–Kier alpha value is -1.15. The highest BCUT2D eigenvalue weighted by atomic mass is 35.5. The van der Waals surface area contributed by atoms with Gasteiger partial charge in [0.25, 0.3) is 0 Å². The summed E-state index contributed by atoms with van der Waals surface area (Å²) in [6.45, 7) is 7.89. The van der Waals surface area contributed by atoms with Crippen molar-refractivity contribution < 1.29 is 23.0 Å². The van der Waals surface area contributed by atoms with Crippen molar-refractivity contribution >= 4 is 19.7 Å². The zero-order valence-electron chi connectivity index (χ0n) is 15.8. The van der Waals surface area contributed by atoms with Crippen molar-refractivity contribution in [3.8, 4) is 0 Å². The zero-order chi connectivity index (χ0) is 19.5. The molecule has 0 saturated heterocycles. The lowest BCUT2D eigenvalue weighted by atomic mass is 9.88. The van der Waals surface area contributed by atoms with Crippen molar-refractivity contribution in [3.63, 3.8) is 0 Å². The van der Waals surface area contributed by atoms with E-state index in [1.807, 2.05) is 0 Å². The van der Waals surface area contributed by atoms with Crippen molar-refractivity contribution in [2.75, 3.05) is 20.8 Å². The van der Waals surface area contributed by atoms with Crippen LogP contribution in [-0.2, 0) is 20.9 Å². The monoisotopic (exact) mass is 405 g/mol. The third-order valence-electron chi connectivity index (χ3n) is 4.31. The minimum Gasteiger partial charge on any atom is -0.497 e. The molecule has 8 heteroatoms. The highest BCUT2D eigenvalue weighted by Crippen LogP contribution is 2.50. The molecule has 4 nitrogen and oxygen atoms in total. The molecular formula is C18H26ClF2NO3Si. The number of hydrogen-bond acceptors (Lipinski definition) is 3. The van der Waals surface area contributed by atoms with Crippen LogP contribution in [0.3, 0.4) is 0 Å². The summed E-state index contributed by atoms with van der Waals surface area (Å²) in [5, 5.41) is -1.86. The van der Waals surface area contributed by atoms with Gasteiger partial charge in [-0.05, 0) is 17.7 Å². The Bertz CT molecular complexity index is 699. The predicted octanol–water partition coefficient (Wildman–Crippen LogP) is 5.16. The average molecular weight is 406 g/mol. The molecular weight excluding hydrogens is 380 g/mol. The van der Waals surface area contributed by atoms with Crippen LogP contribution < -0.4 is 0 Å². The van der Waals surface area contributed by atoms with Gasteiger partial charge in [-0.15, -0.1) is 0 Å². The molecule has 0 amide bonds. The van der Waals surface area contributed by atoms with Crippen LogP contribution in [0, 0.1) is 0 Å². The lowest BCUT2D eigenvalue weighted by Crippen LogP contribution is -2.37. The largest absolute Gasteiger partial charge is 0.497 e. The first-order valence-corrected chi connectivity index (χ1v) is 12.5. The van der Waals surface area contributed by atoms with Crippen LogP contribution >= 0.6 is 11.6 Å². The van der Waals surface area contributed by atoms with Gasteiger partial charge in [-0.25, -0.2) is 8.78 Å². The normalized spacial score (nSPS) is 24.0. The van der Waals surface area contributed by atoms with E-state index in [1.54, 1.807) is 23.0 Å². The number of rotatable bonds is 8. The molecule has 0 bridgehead atoms. The number of methoxy groups -OCH3 is 2. The number of halogens is 3. The highest BCUT2D eigenvalue weighted by molar-refractivity contribution is 6.76. The molecule has 2 unspecified atom stereocenters. The molecule has 0 fully saturated rings. The van der Waals surface area contributed by atoms with Gasteiger partial charge in [-0.1, -0.05) is 31.2 Å². The summed E-state index contributed by atoms with van der Waals surface area (Å²) in [4.78, 5) is 0. The number of ether oxygens (including phenoxy) is 3. The molecule has 0 saturated carbocycles. The number of aromatic nitrogens is 1. The second kappa shape index (κ2) is 8.25. The summed E-state index contributed by atoms with van der Waals surface area (Å²) in [7, 11) is 1.45. The molecule has 26 heavy (non-hydrogen) atoms. The van der Waals surface area contributed by atoms with Gasteiger partial charge in [0.2, 0.25) is 5.06 Å². The number of allylic oxidation sites excluding steroid dienone is 2. The summed E-state index contributed by atoms with van der Waals surface area (Å²) in [6.07, 6.45) is 4.21. The second-order valence-corrected chi connectivity index (χ2v) is 13.7. The van der Waals surface area contributed by atoms with E-state index < -0.39 is 30.7 Å². The van der Waals surface area contributed by atoms with Gasteiger partial charge in [0.1, 0.15) is 12.5 Å². The van der Waals surface area contributed by atoms with E-state index in [-0.39, 0.29) is 5.76 Å². The Kier molecular flexibility index (Phi) is 6.71. The van der Waals surface area contributed by atoms with Gasteiger partial charge >= 0.3 is 0 Å². The van der Waals surface area contributed by atoms with Crippen LogP contribution in [0.4, 0.5) is 8.78 Å². The molecule has 1 aliphatic carbocycles. The molecule has 0 N–H and O–H groups in total. The number of nitrogens with zero attached hydrogens (tertiary/aromatic N) is 1. The Morgan fingerprint density at radius 3 is 2.54 bits per heavy atom. The van der Waals surface area contributed by atoms with Gasteiger partial charge in [-0.3, -0.25) is 0 Å². The van der Waals surface area contributed by atoms with E-state index in [1.165, 1.54) is 14.2 Å². The SMILES string of the molecule is COC1=C(F)C=C(F)C(Cl)(OC)C1c1ccn(COCC[Si](C)(C)C)c1. The third-order valence-corrected chi connectivity index (χ3v) is 6.57. The molecule has 2 rings (SSSR count). The standard InChI is InChI=1S/C18H26ClF2NO3Si/c1-23-17-14(20)10-15(21)18(19,24-2)16(17)13-6-7-22(11-13)12-25-8-9-26(3,4)5/h6-7,10-11,16H,8-9,12H2,1-5H3. The van der Waals surface area contributed by atoms with Crippen LogP contribution in [0.5, 0.6) is 0 Å². The summed E-state index contributed by atoms with van der Waals surface area (Å²) in [5.74, 6) is -2.72. The maximum Gasteiger partial charge on any atom is 0.207 e. The fraction of sp³-hybridized carbons (Fsp3) is 0.556. The van der Waals surface area contributed by atoms with E-state index in [4.69, 9.17) is 25.8 Å². The Morgan fingerprint density at radius 1 is 1.27 bits per heavy atom. The molecule has 0 radical (unpaired) electrons. The van der Waals surface area contributed by atoms with Crippen LogP contribution in [0.25, 0.3) is 0 Å². The van der Waals surface area contributed by atoms with Gasteiger partial charge in [0.05, 0.1) is 13.0 Å². The minimum atomic E-state index is -1.86. The first-order chi connectivity index (χ1) is 12.1. The maximum absolute atomic E-state index is 14.3. The van der Waals surface area contributed by atoms with E-state index in [9.17, 15) is 8.78 Å². The van der Waals surface area contributed by atoms with Crippen LogP contribution in [0.15, 0.2) is 41.9 Å². The fourth-order valence-electron chi connectivity index (χ4n) is 2.78. The van der Waals surface area contributed by atoms with E-state index >= 15 is 0 Å². The van der Waals surface area contributed by atoms with Gasteiger partial charge in [-0.2, -0.15) is 0 Å². The van der Waals surface area contributed by atoms with Crippen molar-refractivity contribution in [2.45, 2.75) is 43.4 Å². The molecule has 0 aromatic carbocycles. The topological polar surface area (TPSA) is 32.6 Å². The zero-order valence-corrected chi connectivity index (χ0v) is 17.6. The molecule has 0 spiro atoms. The first-order valence-electron chi connectivity index (χ1n) is 8.41. The molecule has 1 aromatic heterocycles. The smallest absolute Gasteiger partial charge is 0.207 e. The third kappa shape index (κ3) is 4.57. The lowest BCUT2D eigenvalue weighted by molar-refractivity contribution is 0.0393. The van der Waals surface area contributed by atoms with Crippen molar-refractivity contribution in [1.29, 1.82) is 0 Å². The Balaban J connectivity index is 2.18. The first kappa shape index (κ1) is 21.2. The van der Waals surface area contributed by atoms with Crippen molar-refractivity contribution in [1.82, 2.24) is 4.57 Å². The molecule has 146 valence electrons. The van der Waals surface area contributed by atoms with E-state index in [2.05, 4.69) is 19.6 Å². The fourth-order valence-corrected chi connectivity index (χ4v) is 3.82. The average Bonchev–Trinajstić information content (AvgIpc) is 3.02. The summed E-state index contributed by atoms with van der Waals surface area (Å²) < 4.78 is 46.4. The van der Waals surface area contributed by atoms with Crippen molar-refractivity contribution in [2.24, 2.45) is 0 Å². The Labute approximate surface area is 159 Å². The van der Waals surface area contributed by atoms with Crippen LogP contribution in [0.2, 0.25) is 25.7 Å². The molecule has 2 atom stereocenters. The highest BCUT2D eigenvalue weighted by Gasteiger charge is 2.49. The van der Waals surface area contributed by atoms with Crippen LogP contribution in [-0.4, -0.2) is 38.5 Å². The lowest BCUT2D eigenvalue weighted by Gasteiger charge is -2.35. The predicted molar refractivity (Wildman–Crippen MR) is 101 cm³/mol. The summed E-state index contributed by atoms with van der Waals surface area (Å²) in [5.41, 5.74) is 0.575. The van der Waals surface area contributed by atoms with E-state index in [0.717, 1.165) is 6.04 Å². The van der Waals surface area contributed by atoms with Gasteiger partial charge in [0.15, 0.2) is 11.7 Å². The van der Waals surface area contributed by atoms with Gasteiger partial charge < -0.3 is 18.8 Å². The summed E-state index contributed by atoms with van der Waals surface area (Å²) in [6, 6.07) is 2.80. The maximum atomic E-state index is 14.3. The summed E-state index contributed by atoms with van der Waals surface area (Å²) >= 11 is 6.35. The number of alkyl halides is 1. The van der Waals surface area contributed by atoms with Crippen molar-refractivity contribution in [3.05, 3.63) is 47.5 Å². The molecule has 1 aromatic rings. The van der Waals surface area contributed by atoms with Gasteiger partial charge in [0, 0.05) is 40.3 Å². The molecule has 1 heterocycles.